The van der Waals surface area contributed by atoms with Crippen LogP contribution in [0.3, 0.4) is 0 Å². The molecule has 0 bridgehead atoms. The molecule has 0 atom stereocenters. The van der Waals surface area contributed by atoms with Crippen molar-refractivity contribution in [3.05, 3.63) is 63.6 Å². The molecule has 82 valence electrons. The fourth-order valence-electron chi connectivity index (χ4n) is 1.44. The summed E-state index contributed by atoms with van der Waals surface area (Å²) >= 11 is 9.51. The molecular formula is C13H11BrClN. The van der Waals surface area contributed by atoms with Gasteiger partial charge in [0, 0.05) is 21.7 Å². The van der Waals surface area contributed by atoms with Crippen LogP contribution in [-0.2, 0) is 6.54 Å². The van der Waals surface area contributed by atoms with Crippen molar-refractivity contribution in [3.63, 3.8) is 0 Å². The smallest absolute Gasteiger partial charge is 0.0455 e. The Bertz CT molecular complexity index is 485. The third kappa shape index (κ3) is 3.00. The van der Waals surface area contributed by atoms with Gasteiger partial charge in [-0.15, -0.1) is 0 Å². The van der Waals surface area contributed by atoms with E-state index in [0.29, 0.717) is 0 Å². The molecule has 2 aromatic rings. The van der Waals surface area contributed by atoms with E-state index >= 15 is 0 Å². The first-order valence-electron chi connectivity index (χ1n) is 4.98. The van der Waals surface area contributed by atoms with Crippen LogP contribution in [-0.4, -0.2) is 0 Å². The summed E-state index contributed by atoms with van der Waals surface area (Å²) in [7, 11) is 0. The molecule has 0 unspecified atom stereocenters. The fourth-order valence-corrected chi connectivity index (χ4v) is 2.04. The highest BCUT2D eigenvalue weighted by Gasteiger charge is 1.98. The second-order valence-electron chi connectivity index (χ2n) is 3.46. The van der Waals surface area contributed by atoms with E-state index in [1.807, 2.05) is 48.5 Å². The van der Waals surface area contributed by atoms with E-state index in [4.69, 9.17) is 11.6 Å². The highest BCUT2D eigenvalue weighted by atomic mass is 79.9. The summed E-state index contributed by atoms with van der Waals surface area (Å²) in [5.74, 6) is 0. The number of rotatable bonds is 3. The van der Waals surface area contributed by atoms with Gasteiger partial charge in [-0.3, -0.25) is 0 Å². The van der Waals surface area contributed by atoms with Crippen LogP contribution in [0.4, 0.5) is 5.69 Å². The van der Waals surface area contributed by atoms with Gasteiger partial charge in [0.25, 0.3) is 0 Å². The molecule has 0 spiro atoms. The maximum atomic E-state index is 6.07. The molecule has 2 rings (SSSR count). The summed E-state index contributed by atoms with van der Waals surface area (Å²) in [6.45, 7) is 0.732. The Balaban J connectivity index is 2.05. The number of anilines is 1. The minimum absolute atomic E-state index is 0.732. The van der Waals surface area contributed by atoms with E-state index in [9.17, 15) is 0 Å². The lowest BCUT2D eigenvalue weighted by molar-refractivity contribution is 1.15. The highest BCUT2D eigenvalue weighted by molar-refractivity contribution is 9.10. The van der Waals surface area contributed by atoms with Gasteiger partial charge in [0.2, 0.25) is 0 Å². The first-order chi connectivity index (χ1) is 7.75. The summed E-state index contributed by atoms with van der Waals surface area (Å²) in [6, 6.07) is 15.9. The topological polar surface area (TPSA) is 12.0 Å². The molecule has 0 saturated carbocycles. The molecule has 0 aliphatic carbocycles. The lowest BCUT2D eigenvalue weighted by Crippen LogP contribution is -1.99. The molecule has 0 saturated heterocycles. The number of benzene rings is 2. The molecule has 16 heavy (non-hydrogen) atoms. The van der Waals surface area contributed by atoms with Gasteiger partial charge in [-0.1, -0.05) is 51.8 Å². The Kier molecular flexibility index (Phi) is 3.86. The van der Waals surface area contributed by atoms with Gasteiger partial charge in [-0.25, -0.2) is 0 Å². The minimum Gasteiger partial charge on any atom is -0.381 e. The van der Waals surface area contributed by atoms with E-state index in [1.54, 1.807) is 0 Å². The standard InChI is InChI=1S/C13H11BrClN/c14-11-5-3-6-12(8-11)16-9-10-4-1-2-7-13(10)15/h1-8,16H,9H2. The fraction of sp³-hybridized carbons (Fsp3) is 0.0769. The molecule has 0 fully saturated rings. The Morgan fingerprint density at radius 3 is 2.62 bits per heavy atom. The zero-order chi connectivity index (χ0) is 11.4. The summed E-state index contributed by atoms with van der Waals surface area (Å²) in [4.78, 5) is 0. The molecular weight excluding hydrogens is 286 g/mol. The lowest BCUT2D eigenvalue weighted by atomic mass is 10.2. The molecule has 0 aromatic heterocycles. The van der Waals surface area contributed by atoms with Crippen molar-refractivity contribution in [2.45, 2.75) is 6.54 Å². The van der Waals surface area contributed by atoms with Crippen LogP contribution in [0, 0.1) is 0 Å². The van der Waals surface area contributed by atoms with Crippen molar-refractivity contribution in [2.24, 2.45) is 0 Å². The minimum atomic E-state index is 0.732. The summed E-state index contributed by atoms with van der Waals surface area (Å²) in [5, 5.41) is 4.12. The third-order valence-corrected chi connectivity index (χ3v) is 3.13. The van der Waals surface area contributed by atoms with Gasteiger partial charge in [-0.05, 0) is 29.8 Å². The number of hydrogen-bond acceptors (Lipinski definition) is 1. The maximum absolute atomic E-state index is 6.07. The average Bonchev–Trinajstić information content (AvgIpc) is 2.28. The monoisotopic (exact) mass is 295 g/mol. The molecule has 1 nitrogen and oxygen atoms in total. The average molecular weight is 297 g/mol. The first kappa shape index (κ1) is 11.5. The van der Waals surface area contributed by atoms with E-state index < -0.39 is 0 Å². The van der Waals surface area contributed by atoms with Gasteiger partial charge in [0.05, 0.1) is 0 Å². The van der Waals surface area contributed by atoms with Crippen LogP contribution in [0.25, 0.3) is 0 Å². The van der Waals surface area contributed by atoms with Crippen molar-refractivity contribution in [2.75, 3.05) is 5.32 Å². The normalized spacial score (nSPS) is 10.1. The van der Waals surface area contributed by atoms with Crippen LogP contribution < -0.4 is 5.32 Å². The van der Waals surface area contributed by atoms with Crippen molar-refractivity contribution in [1.82, 2.24) is 0 Å². The van der Waals surface area contributed by atoms with Crippen LogP contribution >= 0.6 is 27.5 Å². The van der Waals surface area contributed by atoms with Crippen molar-refractivity contribution >= 4 is 33.2 Å². The van der Waals surface area contributed by atoms with Gasteiger partial charge in [0.15, 0.2) is 0 Å². The Morgan fingerprint density at radius 1 is 1.06 bits per heavy atom. The summed E-state index contributed by atoms with van der Waals surface area (Å²) < 4.78 is 1.07. The molecule has 0 aliphatic heterocycles. The second kappa shape index (κ2) is 5.37. The Hall–Kier alpha value is -0.990. The van der Waals surface area contributed by atoms with Gasteiger partial charge in [0.1, 0.15) is 0 Å². The Morgan fingerprint density at radius 2 is 1.88 bits per heavy atom. The van der Waals surface area contributed by atoms with E-state index in [1.165, 1.54) is 0 Å². The predicted octanol–water partition coefficient (Wildman–Crippen LogP) is 4.71. The summed E-state index contributed by atoms with van der Waals surface area (Å²) in [5.41, 5.74) is 2.18. The van der Waals surface area contributed by atoms with Crippen LogP contribution in [0.15, 0.2) is 53.0 Å². The quantitative estimate of drug-likeness (QED) is 0.864. The van der Waals surface area contributed by atoms with Crippen molar-refractivity contribution in [3.8, 4) is 0 Å². The van der Waals surface area contributed by atoms with Crippen molar-refractivity contribution in [1.29, 1.82) is 0 Å². The highest BCUT2D eigenvalue weighted by Crippen LogP contribution is 2.19. The predicted molar refractivity (Wildman–Crippen MR) is 72.9 cm³/mol. The first-order valence-corrected chi connectivity index (χ1v) is 6.15. The Labute approximate surface area is 109 Å². The molecule has 0 aliphatic rings. The number of halogens is 2. The SMILES string of the molecule is Clc1ccccc1CNc1cccc(Br)c1. The lowest BCUT2D eigenvalue weighted by Gasteiger charge is -2.08. The van der Waals surface area contributed by atoms with E-state index in [-0.39, 0.29) is 0 Å². The van der Waals surface area contributed by atoms with Crippen LogP contribution in [0.1, 0.15) is 5.56 Å². The molecule has 0 radical (unpaired) electrons. The molecule has 0 heterocycles. The maximum Gasteiger partial charge on any atom is 0.0455 e. The third-order valence-electron chi connectivity index (χ3n) is 2.27. The summed E-state index contributed by atoms with van der Waals surface area (Å²) in [6.07, 6.45) is 0. The zero-order valence-corrected chi connectivity index (χ0v) is 10.9. The largest absolute Gasteiger partial charge is 0.381 e. The zero-order valence-electron chi connectivity index (χ0n) is 8.58. The molecule has 3 heteroatoms. The van der Waals surface area contributed by atoms with Gasteiger partial charge in [-0.2, -0.15) is 0 Å². The number of nitrogens with one attached hydrogen (secondary N) is 1. The van der Waals surface area contributed by atoms with Crippen LogP contribution in [0.5, 0.6) is 0 Å². The van der Waals surface area contributed by atoms with E-state index in [0.717, 1.165) is 27.3 Å². The van der Waals surface area contributed by atoms with Gasteiger partial charge >= 0.3 is 0 Å². The molecule has 1 N–H and O–H groups in total. The second-order valence-corrected chi connectivity index (χ2v) is 4.78. The molecule has 2 aromatic carbocycles. The molecule has 0 amide bonds. The van der Waals surface area contributed by atoms with Crippen molar-refractivity contribution < 1.29 is 0 Å². The van der Waals surface area contributed by atoms with Gasteiger partial charge < -0.3 is 5.32 Å². The van der Waals surface area contributed by atoms with Crippen LogP contribution in [0.2, 0.25) is 5.02 Å². The number of hydrogen-bond donors (Lipinski definition) is 1. The van der Waals surface area contributed by atoms with E-state index in [2.05, 4.69) is 21.2 Å².